The molecule has 1 atom stereocenters. The van der Waals surface area contributed by atoms with Crippen molar-refractivity contribution in [1.82, 2.24) is 20.2 Å². The summed E-state index contributed by atoms with van der Waals surface area (Å²) in [5.74, 6) is -0.163. The Labute approximate surface area is 170 Å². The summed E-state index contributed by atoms with van der Waals surface area (Å²) in [5.41, 5.74) is 3.59. The van der Waals surface area contributed by atoms with Gasteiger partial charge in [-0.1, -0.05) is 42.5 Å². The van der Waals surface area contributed by atoms with Crippen LogP contribution < -0.4 is 5.32 Å². The summed E-state index contributed by atoms with van der Waals surface area (Å²) in [6, 6.07) is 18.1. The molecule has 1 N–H and O–H groups in total. The number of amides is 1. The highest BCUT2D eigenvalue weighted by Gasteiger charge is 2.20. The monoisotopic (exact) mass is 388 g/mol. The maximum atomic E-state index is 12.2. The van der Waals surface area contributed by atoms with Gasteiger partial charge in [-0.25, -0.2) is 4.98 Å². The maximum absolute atomic E-state index is 12.2. The minimum Gasteiger partial charge on any atom is -0.374 e. The Morgan fingerprint density at radius 2 is 1.93 bits per heavy atom. The standard InChI is InChI=1S/C23H24N4O2/c28-23(11-10-19-14-24-21-8-4-5-9-22(21)26-19)25-15-20-17-27(12-13-29-20)16-18-6-2-1-3-7-18/h1-11,14,20H,12-13,15-17H2,(H,25,28)/b11-10+. The molecule has 2 aromatic carbocycles. The SMILES string of the molecule is O=C(/C=C/c1cnc2ccccc2n1)NCC1CN(Cc2ccccc2)CCO1. The highest BCUT2D eigenvalue weighted by Crippen LogP contribution is 2.11. The van der Waals surface area contributed by atoms with Crippen molar-refractivity contribution in [2.75, 3.05) is 26.2 Å². The van der Waals surface area contributed by atoms with Crippen LogP contribution in [0.5, 0.6) is 0 Å². The first-order valence-corrected chi connectivity index (χ1v) is 9.82. The molecule has 1 unspecified atom stereocenters. The first kappa shape index (κ1) is 19.2. The number of para-hydroxylation sites is 2. The quantitative estimate of drug-likeness (QED) is 0.658. The molecule has 3 aromatic rings. The van der Waals surface area contributed by atoms with Gasteiger partial charge in [0.05, 0.1) is 35.6 Å². The minimum atomic E-state index is -0.163. The van der Waals surface area contributed by atoms with Gasteiger partial charge in [-0.05, 0) is 23.8 Å². The molecule has 1 aliphatic heterocycles. The van der Waals surface area contributed by atoms with Crippen molar-refractivity contribution in [3.8, 4) is 0 Å². The first-order valence-electron chi connectivity index (χ1n) is 9.82. The van der Waals surface area contributed by atoms with Crippen molar-refractivity contribution in [3.05, 3.63) is 78.1 Å². The molecule has 1 amide bonds. The molecule has 1 saturated heterocycles. The second-order valence-corrected chi connectivity index (χ2v) is 7.08. The van der Waals surface area contributed by atoms with Crippen LogP contribution in [0, 0.1) is 0 Å². The van der Waals surface area contributed by atoms with Gasteiger partial charge in [0.2, 0.25) is 5.91 Å². The van der Waals surface area contributed by atoms with Crippen molar-refractivity contribution >= 4 is 23.0 Å². The molecule has 0 spiro atoms. The Bertz CT molecular complexity index is 990. The van der Waals surface area contributed by atoms with Gasteiger partial charge >= 0.3 is 0 Å². The number of nitrogens with zero attached hydrogens (tertiary/aromatic N) is 3. The van der Waals surface area contributed by atoms with Gasteiger partial charge in [0.1, 0.15) is 0 Å². The summed E-state index contributed by atoms with van der Waals surface area (Å²) >= 11 is 0. The molecule has 4 rings (SSSR count). The largest absolute Gasteiger partial charge is 0.374 e. The number of hydrogen-bond acceptors (Lipinski definition) is 5. The van der Waals surface area contributed by atoms with Crippen molar-refractivity contribution in [1.29, 1.82) is 0 Å². The van der Waals surface area contributed by atoms with E-state index in [9.17, 15) is 4.79 Å². The normalized spacial score (nSPS) is 17.6. The number of benzene rings is 2. The van der Waals surface area contributed by atoms with Crippen LogP contribution in [0.4, 0.5) is 0 Å². The summed E-state index contributed by atoms with van der Waals surface area (Å²) in [7, 11) is 0. The number of aromatic nitrogens is 2. The lowest BCUT2D eigenvalue weighted by Gasteiger charge is -2.33. The average Bonchev–Trinajstić information content (AvgIpc) is 2.77. The zero-order valence-corrected chi connectivity index (χ0v) is 16.2. The maximum Gasteiger partial charge on any atom is 0.244 e. The van der Waals surface area contributed by atoms with Crippen molar-refractivity contribution in [2.24, 2.45) is 0 Å². The van der Waals surface area contributed by atoms with Crippen LogP contribution in [0.25, 0.3) is 17.1 Å². The minimum absolute atomic E-state index is 0.00901. The lowest BCUT2D eigenvalue weighted by Crippen LogP contribution is -2.46. The van der Waals surface area contributed by atoms with Crippen molar-refractivity contribution < 1.29 is 9.53 Å². The summed E-state index contributed by atoms with van der Waals surface area (Å²) in [4.78, 5) is 23.4. The summed E-state index contributed by atoms with van der Waals surface area (Å²) in [5, 5.41) is 2.92. The lowest BCUT2D eigenvalue weighted by molar-refractivity contribution is -0.117. The first-order chi connectivity index (χ1) is 14.3. The topological polar surface area (TPSA) is 67.4 Å². The number of hydrogen-bond donors (Lipinski definition) is 1. The van der Waals surface area contributed by atoms with Gasteiger partial charge in [0, 0.05) is 32.3 Å². The lowest BCUT2D eigenvalue weighted by atomic mass is 10.2. The fourth-order valence-corrected chi connectivity index (χ4v) is 3.38. The van der Waals surface area contributed by atoms with E-state index in [1.807, 2.05) is 30.3 Å². The Morgan fingerprint density at radius 3 is 2.79 bits per heavy atom. The van der Waals surface area contributed by atoms with Gasteiger partial charge in [0.25, 0.3) is 0 Å². The van der Waals surface area contributed by atoms with E-state index in [1.165, 1.54) is 11.6 Å². The summed E-state index contributed by atoms with van der Waals surface area (Å²) in [6.07, 6.45) is 4.82. The average molecular weight is 388 g/mol. The summed E-state index contributed by atoms with van der Waals surface area (Å²) in [6.45, 7) is 3.76. The second kappa shape index (κ2) is 9.41. The van der Waals surface area contributed by atoms with Crippen LogP contribution in [0.3, 0.4) is 0 Å². The second-order valence-electron chi connectivity index (χ2n) is 7.08. The molecule has 2 heterocycles. The Morgan fingerprint density at radius 1 is 1.14 bits per heavy atom. The van der Waals surface area contributed by atoms with Crippen LogP contribution in [0.1, 0.15) is 11.3 Å². The van der Waals surface area contributed by atoms with Crippen LogP contribution in [0.2, 0.25) is 0 Å². The molecule has 6 heteroatoms. The number of ether oxygens (including phenoxy) is 1. The molecule has 1 aliphatic rings. The molecule has 29 heavy (non-hydrogen) atoms. The number of carbonyl (C=O) groups excluding carboxylic acids is 1. The highest BCUT2D eigenvalue weighted by molar-refractivity contribution is 5.91. The van der Waals surface area contributed by atoms with Crippen LogP contribution in [0.15, 0.2) is 66.9 Å². The van der Waals surface area contributed by atoms with Crippen molar-refractivity contribution in [2.45, 2.75) is 12.6 Å². The van der Waals surface area contributed by atoms with Gasteiger partial charge in [-0.3, -0.25) is 14.7 Å². The predicted molar refractivity (Wildman–Crippen MR) is 113 cm³/mol. The van der Waals surface area contributed by atoms with Crippen LogP contribution in [-0.2, 0) is 16.1 Å². The number of fused-ring (bicyclic) bond motifs is 1. The smallest absolute Gasteiger partial charge is 0.244 e. The van der Waals surface area contributed by atoms with Gasteiger partial charge in [-0.2, -0.15) is 0 Å². The molecular weight excluding hydrogens is 364 g/mol. The molecule has 148 valence electrons. The van der Waals surface area contributed by atoms with Gasteiger partial charge in [-0.15, -0.1) is 0 Å². The third-order valence-corrected chi connectivity index (χ3v) is 4.85. The number of morpholine rings is 1. The van der Waals surface area contributed by atoms with E-state index in [-0.39, 0.29) is 12.0 Å². The van der Waals surface area contributed by atoms with E-state index in [4.69, 9.17) is 4.74 Å². The Kier molecular flexibility index (Phi) is 6.24. The third-order valence-electron chi connectivity index (χ3n) is 4.85. The van der Waals surface area contributed by atoms with E-state index < -0.39 is 0 Å². The van der Waals surface area contributed by atoms with Gasteiger partial charge < -0.3 is 10.1 Å². The van der Waals surface area contributed by atoms with E-state index in [1.54, 1.807) is 12.3 Å². The van der Waals surface area contributed by atoms with E-state index in [2.05, 4.69) is 44.5 Å². The molecule has 6 nitrogen and oxygen atoms in total. The molecule has 0 saturated carbocycles. The zero-order valence-electron chi connectivity index (χ0n) is 16.2. The molecule has 1 fully saturated rings. The van der Waals surface area contributed by atoms with Crippen LogP contribution in [-0.4, -0.2) is 53.1 Å². The van der Waals surface area contributed by atoms with Gasteiger partial charge in [0.15, 0.2) is 0 Å². The van der Waals surface area contributed by atoms with Crippen molar-refractivity contribution in [3.63, 3.8) is 0 Å². The van der Waals surface area contributed by atoms with E-state index in [0.29, 0.717) is 18.8 Å². The molecule has 1 aromatic heterocycles. The number of rotatable bonds is 6. The predicted octanol–water partition coefficient (Wildman–Crippen LogP) is 2.66. The third kappa shape index (κ3) is 5.47. The Balaban J connectivity index is 1.26. The van der Waals surface area contributed by atoms with Crippen LogP contribution >= 0.6 is 0 Å². The fourth-order valence-electron chi connectivity index (χ4n) is 3.38. The fraction of sp³-hybridized carbons (Fsp3) is 0.261. The summed E-state index contributed by atoms with van der Waals surface area (Å²) < 4.78 is 5.80. The number of carbonyl (C=O) groups is 1. The molecule has 0 bridgehead atoms. The van der Waals surface area contributed by atoms with E-state index in [0.717, 1.165) is 30.7 Å². The molecular formula is C23H24N4O2. The molecule has 0 aliphatic carbocycles. The number of nitrogens with one attached hydrogen (secondary N) is 1. The Hall–Kier alpha value is -3.09. The molecule has 0 radical (unpaired) electrons. The van der Waals surface area contributed by atoms with E-state index >= 15 is 0 Å². The zero-order chi connectivity index (χ0) is 19.9. The highest BCUT2D eigenvalue weighted by atomic mass is 16.5.